The molecule has 0 amide bonds. The summed E-state index contributed by atoms with van der Waals surface area (Å²) in [5.74, 6) is 0.589. The minimum Gasteiger partial charge on any atom is -0.382 e. The zero-order valence-corrected chi connectivity index (χ0v) is 11.7. The van der Waals surface area contributed by atoms with E-state index < -0.39 is 0 Å². The minimum absolute atomic E-state index is 0.589. The molecule has 0 unspecified atom stereocenters. The number of nitrogens with two attached hydrogens (primary N) is 1. The summed E-state index contributed by atoms with van der Waals surface area (Å²) in [5, 5.41) is 4.19. The van der Waals surface area contributed by atoms with Crippen LogP contribution in [0.2, 0.25) is 0 Å². The molecule has 0 aliphatic heterocycles. The van der Waals surface area contributed by atoms with Crippen molar-refractivity contribution in [2.45, 2.75) is 26.8 Å². The summed E-state index contributed by atoms with van der Waals surface area (Å²) in [7, 11) is 0. The fraction of sp³-hybridized carbons (Fsp3) is 0.400. The molecule has 2 rings (SSSR count). The Kier molecular flexibility index (Phi) is 4.44. The number of nitrogens with zero attached hydrogens (tertiary/aromatic N) is 3. The number of aryl methyl sites for hydroxylation is 2. The Morgan fingerprint density at radius 3 is 2.53 bits per heavy atom. The molecule has 4 nitrogen and oxygen atoms in total. The van der Waals surface area contributed by atoms with Gasteiger partial charge in [0.25, 0.3) is 0 Å². The fourth-order valence-corrected chi connectivity index (χ4v) is 2.15. The molecular formula is C15H22N4. The van der Waals surface area contributed by atoms with Crippen LogP contribution in [0, 0.1) is 6.92 Å². The van der Waals surface area contributed by atoms with Crippen molar-refractivity contribution in [3.63, 3.8) is 0 Å². The molecule has 1 aromatic heterocycles. The Bertz CT molecular complexity index is 501. The highest BCUT2D eigenvalue weighted by atomic mass is 15.3. The Labute approximate surface area is 114 Å². The molecule has 0 aliphatic rings. The van der Waals surface area contributed by atoms with Gasteiger partial charge in [0.05, 0.1) is 0 Å². The lowest BCUT2D eigenvalue weighted by molar-refractivity contribution is 0.574. The van der Waals surface area contributed by atoms with Crippen LogP contribution >= 0.6 is 0 Å². The minimum atomic E-state index is 0.589. The van der Waals surface area contributed by atoms with Gasteiger partial charge in [-0.3, -0.25) is 4.68 Å². The first-order chi connectivity index (χ1) is 9.19. The molecule has 0 radical (unpaired) electrons. The molecule has 0 spiro atoms. The summed E-state index contributed by atoms with van der Waals surface area (Å²) in [6, 6.07) is 10.5. The van der Waals surface area contributed by atoms with E-state index in [9.17, 15) is 0 Å². The highest BCUT2D eigenvalue weighted by molar-refractivity contribution is 5.47. The molecule has 0 aliphatic carbocycles. The molecule has 0 saturated heterocycles. The van der Waals surface area contributed by atoms with Crippen molar-refractivity contribution in [1.82, 2.24) is 9.78 Å². The van der Waals surface area contributed by atoms with Crippen molar-refractivity contribution in [3.05, 3.63) is 42.1 Å². The second kappa shape index (κ2) is 6.27. The van der Waals surface area contributed by atoms with Gasteiger partial charge < -0.3 is 10.6 Å². The summed E-state index contributed by atoms with van der Waals surface area (Å²) in [6.45, 7) is 7.25. The van der Waals surface area contributed by atoms with Gasteiger partial charge in [0.15, 0.2) is 0 Å². The molecule has 2 aromatic rings. The predicted molar refractivity (Wildman–Crippen MR) is 80.3 cm³/mol. The van der Waals surface area contributed by atoms with Crippen LogP contribution in [-0.4, -0.2) is 22.9 Å². The number of hydrogen-bond donors (Lipinski definition) is 1. The monoisotopic (exact) mass is 258 g/mol. The molecular weight excluding hydrogens is 236 g/mol. The molecule has 2 N–H and O–H groups in total. The average molecular weight is 258 g/mol. The van der Waals surface area contributed by atoms with Crippen molar-refractivity contribution in [1.29, 1.82) is 0 Å². The van der Waals surface area contributed by atoms with Crippen LogP contribution in [0.1, 0.15) is 18.9 Å². The van der Waals surface area contributed by atoms with E-state index >= 15 is 0 Å². The smallest absolute Gasteiger partial charge is 0.145 e. The Morgan fingerprint density at radius 2 is 1.95 bits per heavy atom. The third kappa shape index (κ3) is 3.74. The molecule has 19 heavy (non-hydrogen) atoms. The normalized spacial score (nSPS) is 10.6. The second-order valence-electron chi connectivity index (χ2n) is 4.77. The Balaban J connectivity index is 1.87. The standard InChI is InChI=1S/C15H22N4/c1-3-18(14-7-5-13(2)6-8-14)10-4-11-19-12-9-15(16)17-19/h5-9,12H,3-4,10-11H2,1-2H3,(H2,16,17). The molecule has 0 bridgehead atoms. The molecule has 102 valence electrons. The number of nitrogen functional groups attached to an aromatic ring is 1. The molecule has 1 heterocycles. The third-order valence-electron chi connectivity index (χ3n) is 3.26. The topological polar surface area (TPSA) is 47.1 Å². The lowest BCUT2D eigenvalue weighted by atomic mass is 10.2. The Hall–Kier alpha value is -1.97. The van der Waals surface area contributed by atoms with Crippen molar-refractivity contribution in [2.24, 2.45) is 0 Å². The van der Waals surface area contributed by atoms with Gasteiger partial charge >= 0.3 is 0 Å². The molecule has 1 aromatic carbocycles. The first kappa shape index (κ1) is 13.5. The van der Waals surface area contributed by atoms with Gasteiger partial charge in [-0.2, -0.15) is 5.10 Å². The number of hydrogen-bond acceptors (Lipinski definition) is 3. The summed E-state index contributed by atoms with van der Waals surface area (Å²) in [4.78, 5) is 2.38. The average Bonchev–Trinajstić information content (AvgIpc) is 2.82. The lowest BCUT2D eigenvalue weighted by Gasteiger charge is -2.23. The largest absolute Gasteiger partial charge is 0.382 e. The summed E-state index contributed by atoms with van der Waals surface area (Å²) in [5.41, 5.74) is 8.18. The summed E-state index contributed by atoms with van der Waals surface area (Å²) < 4.78 is 1.90. The number of anilines is 2. The van der Waals surface area contributed by atoms with Gasteiger partial charge in [-0.05, 0) is 38.5 Å². The number of rotatable bonds is 6. The SMILES string of the molecule is CCN(CCCn1ccc(N)n1)c1ccc(C)cc1. The zero-order valence-electron chi connectivity index (χ0n) is 11.7. The highest BCUT2D eigenvalue weighted by Crippen LogP contribution is 2.15. The van der Waals surface area contributed by atoms with Crippen LogP contribution in [0.5, 0.6) is 0 Å². The van der Waals surface area contributed by atoms with E-state index in [4.69, 9.17) is 5.73 Å². The van der Waals surface area contributed by atoms with E-state index in [2.05, 4.69) is 48.1 Å². The molecule has 4 heteroatoms. The maximum atomic E-state index is 5.60. The summed E-state index contributed by atoms with van der Waals surface area (Å²) >= 11 is 0. The van der Waals surface area contributed by atoms with E-state index in [1.807, 2.05) is 16.9 Å². The zero-order chi connectivity index (χ0) is 13.7. The summed E-state index contributed by atoms with van der Waals surface area (Å²) in [6.07, 6.45) is 2.99. The van der Waals surface area contributed by atoms with Crippen LogP contribution in [-0.2, 0) is 6.54 Å². The van der Waals surface area contributed by atoms with Crippen molar-refractivity contribution in [2.75, 3.05) is 23.7 Å². The van der Waals surface area contributed by atoms with Gasteiger partial charge in [0.1, 0.15) is 5.82 Å². The predicted octanol–water partition coefficient (Wildman–Crippen LogP) is 2.69. The number of aromatic nitrogens is 2. The number of benzene rings is 1. The van der Waals surface area contributed by atoms with Crippen LogP contribution in [0.4, 0.5) is 11.5 Å². The van der Waals surface area contributed by atoms with Gasteiger partial charge in [-0.1, -0.05) is 17.7 Å². The van der Waals surface area contributed by atoms with Crippen LogP contribution in [0.25, 0.3) is 0 Å². The lowest BCUT2D eigenvalue weighted by Crippen LogP contribution is -2.24. The van der Waals surface area contributed by atoms with Gasteiger partial charge in [0.2, 0.25) is 0 Å². The first-order valence-corrected chi connectivity index (χ1v) is 6.79. The molecule has 0 saturated carbocycles. The van der Waals surface area contributed by atoms with Gasteiger partial charge in [-0.15, -0.1) is 0 Å². The van der Waals surface area contributed by atoms with E-state index in [1.165, 1.54) is 11.3 Å². The van der Waals surface area contributed by atoms with E-state index in [-0.39, 0.29) is 0 Å². The van der Waals surface area contributed by atoms with Gasteiger partial charge in [-0.25, -0.2) is 0 Å². The Morgan fingerprint density at radius 1 is 1.21 bits per heavy atom. The molecule has 0 atom stereocenters. The van der Waals surface area contributed by atoms with Crippen LogP contribution < -0.4 is 10.6 Å². The van der Waals surface area contributed by atoms with E-state index in [0.717, 1.165) is 26.1 Å². The first-order valence-electron chi connectivity index (χ1n) is 6.79. The van der Waals surface area contributed by atoms with Crippen LogP contribution in [0.3, 0.4) is 0 Å². The maximum Gasteiger partial charge on any atom is 0.145 e. The molecule has 0 fully saturated rings. The second-order valence-corrected chi connectivity index (χ2v) is 4.77. The quantitative estimate of drug-likeness (QED) is 0.866. The third-order valence-corrected chi connectivity index (χ3v) is 3.26. The maximum absolute atomic E-state index is 5.60. The van der Waals surface area contributed by atoms with E-state index in [0.29, 0.717) is 5.82 Å². The van der Waals surface area contributed by atoms with E-state index in [1.54, 1.807) is 0 Å². The van der Waals surface area contributed by atoms with Gasteiger partial charge in [0, 0.05) is 31.5 Å². The van der Waals surface area contributed by atoms with Crippen molar-refractivity contribution < 1.29 is 0 Å². The van der Waals surface area contributed by atoms with Crippen molar-refractivity contribution in [3.8, 4) is 0 Å². The highest BCUT2D eigenvalue weighted by Gasteiger charge is 2.04. The van der Waals surface area contributed by atoms with Crippen molar-refractivity contribution >= 4 is 11.5 Å². The fourth-order valence-electron chi connectivity index (χ4n) is 2.15. The van der Waals surface area contributed by atoms with Crippen LogP contribution in [0.15, 0.2) is 36.5 Å².